The van der Waals surface area contributed by atoms with E-state index >= 15 is 0 Å². The van der Waals surface area contributed by atoms with Gasteiger partial charge in [-0.2, -0.15) is 0 Å². The molecule has 0 bridgehead atoms. The van der Waals surface area contributed by atoms with E-state index in [-0.39, 0.29) is 5.78 Å². The predicted molar refractivity (Wildman–Crippen MR) is 44.5 cm³/mol. The van der Waals surface area contributed by atoms with Crippen molar-refractivity contribution in [2.75, 3.05) is 0 Å². The molecule has 0 amide bonds. The van der Waals surface area contributed by atoms with Gasteiger partial charge >= 0.3 is 0 Å². The summed E-state index contributed by atoms with van der Waals surface area (Å²) in [6.07, 6.45) is 2.89. The number of hydrogen-bond donors (Lipinski definition) is 1. The van der Waals surface area contributed by atoms with Crippen LogP contribution in [0.2, 0.25) is 0 Å². The second-order valence-corrected chi connectivity index (χ2v) is 2.83. The van der Waals surface area contributed by atoms with Crippen molar-refractivity contribution in [2.45, 2.75) is 5.60 Å². The van der Waals surface area contributed by atoms with E-state index in [1.807, 2.05) is 6.07 Å². The molecule has 0 radical (unpaired) electrons. The van der Waals surface area contributed by atoms with Gasteiger partial charge in [0.15, 0.2) is 11.4 Å². The molecule has 2 nitrogen and oxygen atoms in total. The molecule has 0 spiro atoms. The van der Waals surface area contributed by atoms with Gasteiger partial charge in [-0.25, -0.2) is 0 Å². The van der Waals surface area contributed by atoms with Crippen molar-refractivity contribution < 1.29 is 9.90 Å². The van der Waals surface area contributed by atoms with Crippen molar-refractivity contribution >= 4 is 5.78 Å². The van der Waals surface area contributed by atoms with E-state index in [4.69, 9.17) is 0 Å². The van der Waals surface area contributed by atoms with Gasteiger partial charge in [0, 0.05) is 0 Å². The van der Waals surface area contributed by atoms with Crippen molar-refractivity contribution in [1.29, 1.82) is 0 Å². The standard InChI is InChI=1S/C10H8O2/c11-9-6-7-10(9,12)8-4-2-1-3-5-8/h1-7,12H. The normalized spacial score (nSPS) is 26.9. The summed E-state index contributed by atoms with van der Waals surface area (Å²) < 4.78 is 0. The molecule has 2 rings (SSSR count). The number of aliphatic hydroxyl groups is 1. The summed E-state index contributed by atoms with van der Waals surface area (Å²) in [6.45, 7) is 0. The first-order chi connectivity index (χ1) is 5.73. The first-order valence-corrected chi connectivity index (χ1v) is 3.75. The molecule has 1 atom stereocenters. The van der Waals surface area contributed by atoms with Crippen LogP contribution in [0, 0.1) is 0 Å². The van der Waals surface area contributed by atoms with Crippen LogP contribution in [0.3, 0.4) is 0 Å². The second kappa shape index (κ2) is 2.29. The van der Waals surface area contributed by atoms with Gasteiger partial charge in [-0.1, -0.05) is 30.3 Å². The van der Waals surface area contributed by atoms with E-state index in [9.17, 15) is 9.90 Å². The molecule has 1 aliphatic carbocycles. The molecule has 0 fully saturated rings. The molecular weight excluding hydrogens is 152 g/mol. The number of rotatable bonds is 1. The molecule has 2 heteroatoms. The molecule has 0 saturated heterocycles. The molecule has 0 aromatic heterocycles. The zero-order chi connectivity index (χ0) is 8.60. The van der Waals surface area contributed by atoms with Crippen LogP contribution < -0.4 is 0 Å². The summed E-state index contributed by atoms with van der Waals surface area (Å²) in [5, 5.41) is 9.71. The Hall–Kier alpha value is -1.41. The fourth-order valence-corrected chi connectivity index (χ4v) is 1.24. The zero-order valence-electron chi connectivity index (χ0n) is 6.40. The molecule has 1 N–H and O–H groups in total. The van der Waals surface area contributed by atoms with E-state index < -0.39 is 5.60 Å². The smallest absolute Gasteiger partial charge is 0.195 e. The Balaban J connectivity index is 2.45. The minimum atomic E-state index is -1.35. The van der Waals surface area contributed by atoms with Crippen molar-refractivity contribution in [3.8, 4) is 0 Å². The lowest BCUT2D eigenvalue weighted by molar-refractivity contribution is -0.131. The monoisotopic (exact) mass is 160 g/mol. The van der Waals surface area contributed by atoms with Gasteiger partial charge in [-0.3, -0.25) is 4.79 Å². The first kappa shape index (κ1) is 7.25. The van der Waals surface area contributed by atoms with E-state index in [1.165, 1.54) is 12.2 Å². The third kappa shape index (κ3) is 0.818. The highest BCUT2D eigenvalue weighted by Crippen LogP contribution is 2.30. The maximum Gasteiger partial charge on any atom is 0.195 e. The van der Waals surface area contributed by atoms with Gasteiger partial charge in [0.1, 0.15) is 0 Å². The van der Waals surface area contributed by atoms with Crippen LogP contribution in [-0.2, 0) is 10.4 Å². The van der Waals surface area contributed by atoms with Crippen LogP contribution in [-0.4, -0.2) is 10.9 Å². The van der Waals surface area contributed by atoms with Crippen molar-refractivity contribution in [3.05, 3.63) is 48.0 Å². The summed E-state index contributed by atoms with van der Waals surface area (Å²) >= 11 is 0. The Morgan fingerprint density at radius 3 is 2.25 bits per heavy atom. The highest BCUT2D eigenvalue weighted by Gasteiger charge is 2.39. The maximum absolute atomic E-state index is 11.0. The van der Waals surface area contributed by atoms with Gasteiger partial charge in [0.2, 0.25) is 0 Å². The molecule has 1 aromatic rings. The minimum Gasteiger partial charge on any atom is -0.373 e. The largest absolute Gasteiger partial charge is 0.373 e. The third-order valence-electron chi connectivity index (χ3n) is 2.07. The average molecular weight is 160 g/mol. The minimum absolute atomic E-state index is 0.242. The molecule has 0 aliphatic heterocycles. The highest BCUT2D eigenvalue weighted by molar-refractivity contribution is 6.05. The Kier molecular flexibility index (Phi) is 1.38. The van der Waals surface area contributed by atoms with Crippen LogP contribution in [0.25, 0.3) is 0 Å². The Labute approximate surface area is 70.2 Å². The number of ketones is 1. The number of benzene rings is 1. The van der Waals surface area contributed by atoms with E-state index in [2.05, 4.69) is 0 Å². The molecule has 1 aliphatic rings. The lowest BCUT2D eigenvalue weighted by Gasteiger charge is -2.27. The van der Waals surface area contributed by atoms with Crippen LogP contribution in [0.1, 0.15) is 5.56 Å². The maximum atomic E-state index is 11.0. The van der Waals surface area contributed by atoms with Crippen LogP contribution in [0.5, 0.6) is 0 Å². The molecule has 0 heterocycles. The Morgan fingerprint density at radius 1 is 1.17 bits per heavy atom. The van der Waals surface area contributed by atoms with E-state index in [0.717, 1.165) is 0 Å². The Bertz CT molecular complexity index is 340. The molecule has 1 aromatic carbocycles. The third-order valence-corrected chi connectivity index (χ3v) is 2.07. The van der Waals surface area contributed by atoms with Crippen LogP contribution in [0.15, 0.2) is 42.5 Å². The quantitative estimate of drug-likeness (QED) is 0.665. The van der Waals surface area contributed by atoms with Crippen molar-refractivity contribution in [2.24, 2.45) is 0 Å². The van der Waals surface area contributed by atoms with Gasteiger partial charge in [-0.05, 0) is 17.7 Å². The first-order valence-electron chi connectivity index (χ1n) is 3.75. The summed E-state index contributed by atoms with van der Waals surface area (Å²) in [6, 6.07) is 8.92. The fourth-order valence-electron chi connectivity index (χ4n) is 1.24. The molecule has 60 valence electrons. The molecule has 0 saturated carbocycles. The van der Waals surface area contributed by atoms with Crippen molar-refractivity contribution in [1.82, 2.24) is 0 Å². The summed E-state index contributed by atoms with van der Waals surface area (Å²) in [5.74, 6) is -0.242. The SMILES string of the molecule is O=C1C=CC1(O)c1ccccc1. The van der Waals surface area contributed by atoms with Crippen molar-refractivity contribution in [3.63, 3.8) is 0 Å². The second-order valence-electron chi connectivity index (χ2n) is 2.83. The number of hydrogen-bond acceptors (Lipinski definition) is 2. The van der Waals surface area contributed by atoms with Gasteiger partial charge in [0.25, 0.3) is 0 Å². The number of carbonyl (C=O) groups excluding carboxylic acids is 1. The van der Waals surface area contributed by atoms with E-state index in [1.54, 1.807) is 24.3 Å². The predicted octanol–water partition coefficient (Wildman–Crippen LogP) is 1.01. The topological polar surface area (TPSA) is 37.3 Å². The lowest BCUT2D eigenvalue weighted by atomic mass is 9.81. The van der Waals surface area contributed by atoms with E-state index in [0.29, 0.717) is 5.56 Å². The molecular formula is C10H8O2. The lowest BCUT2D eigenvalue weighted by Crippen LogP contribution is -2.38. The fraction of sp³-hybridized carbons (Fsp3) is 0.100. The Morgan fingerprint density at radius 2 is 1.83 bits per heavy atom. The average Bonchev–Trinajstić information content (AvgIpc) is 2.16. The number of carbonyl (C=O) groups is 1. The van der Waals surface area contributed by atoms with Crippen LogP contribution >= 0.6 is 0 Å². The van der Waals surface area contributed by atoms with Crippen LogP contribution in [0.4, 0.5) is 0 Å². The molecule has 12 heavy (non-hydrogen) atoms. The van der Waals surface area contributed by atoms with Gasteiger partial charge in [-0.15, -0.1) is 0 Å². The summed E-state index contributed by atoms with van der Waals surface area (Å²) in [7, 11) is 0. The summed E-state index contributed by atoms with van der Waals surface area (Å²) in [4.78, 5) is 11.0. The van der Waals surface area contributed by atoms with Gasteiger partial charge < -0.3 is 5.11 Å². The summed E-state index contributed by atoms with van der Waals surface area (Å²) in [5.41, 5.74) is -0.709. The zero-order valence-corrected chi connectivity index (χ0v) is 6.40. The highest BCUT2D eigenvalue weighted by atomic mass is 16.3. The van der Waals surface area contributed by atoms with Gasteiger partial charge in [0.05, 0.1) is 0 Å². The molecule has 1 unspecified atom stereocenters.